The van der Waals surface area contributed by atoms with Crippen LogP contribution in [0.4, 0.5) is 0 Å². The number of rotatable bonds is 0. The molecule has 0 saturated carbocycles. The number of nitrogens with zero attached hydrogens (tertiary/aromatic N) is 1. The summed E-state index contributed by atoms with van der Waals surface area (Å²) < 4.78 is -0.0556. The Labute approximate surface area is 50.5 Å². The van der Waals surface area contributed by atoms with E-state index in [9.17, 15) is 9.70 Å². The second-order valence-corrected chi connectivity index (χ2v) is 1.54. The minimum Gasteiger partial charge on any atom is -0.315 e. The van der Waals surface area contributed by atoms with E-state index >= 15 is 0 Å². The highest BCUT2D eigenvalue weighted by Gasteiger charge is 2.31. The first-order chi connectivity index (χ1) is 4.22. The lowest BCUT2D eigenvalue weighted by Gasteiger charge is -2.02. The Hall–Kier alpha value is -1.23. The molecule has 0 fully saturated rings. The Balaban J connectivity index is 2.81. The quantitative estimate of drug-likeness (QED) is 0.398. The fourth-order valence-electron chi connectivity index (χ4n) is 0.467. The summed E-state index contributed by atoms with van der Waals surface area (Å²) >= 11 is 0. The highest BCUT2D eigenvalue weighted by atomic mass is 16.4. The Morgan fingerprint density at radius 2 is 2.44 bits per heavy atom. The van der Waals surface area contributed by atoms with Gasteiger partial charge in [0.1, 0.15) is 4.76 Å². The third-order valence-electron chi connectivity index (χ3n) is 0.911. The van der Waals surface area contributed by atoms with Crippen LogP contribution in [0, 0.1) is 4.91 Å². The van der Waals surface area contributed by atoms with Gasteiger partial charge in [-0.05, 0) is 0 Å². The third-order valence-corrected chi connectivity index (χ3v) is 0.911. The number of aliphatic hydroxyl groups excluding tert-OH is 1. The number of hydrogen-bond acceptors (Lipinski definition) is 4. The first-order valence-corrected chi connectivity index (χ1v) is 2.33. The highest BCUT2D eigenvalue weighted by molar-refractivity contribution is 5.80. The zero-order valence-corrected chi connectivity index (χ0v) is 4.44. The second-order valence-electron chi connectivity index (χ2n) is 1.54. The Kier molecular flexibility index (Phi) is 1.27. The van der Waals surface area contributed by atoms with Crippen LogP contribution >= 0.6 is 0 Å². The molecule has 0 aromatic rings. The number of amides is 1. The fraction of sp³-hybridized carbons (Fsp3) is 0.250. The summed E-state index contributed by atoms with van der Waals surface area (Å²) in [6.45, 7) is 0. The van der Waals surface area contributed by atoms with E-state index in [4.69, 9.17) is 5.11 Å². The largest absolute Gasteiger partial charge is 0.464 e. The molecule has 0 spiro atoms. The van der Waals surface area contributed by atoms with E-state index in [1.54, 1.807) is 0 Å². The van der Waals surface area contributed by atoms with Crippen LogP contribution in [0.15, 0.2) is 12.3 Å². The molecule has 5 nitrogen and oxygen atoms in total. The second kappa shape index (κ2) is 1.94. The zero-order valence-electron chi connectivity index (χ0n) is 4.44. The molecule has 0 aromatic carbocycles. The Morgan fingerprint density at radius 3 is 2.89 bits per heavy atom. The SMILES string of the molecule is O=C1C=CNC(O)[N+]1=O. The molecule has 0 radical (unpaired) electrons. The van der Waals surface area contributed by atoms with Gasteiger partial charge in [0.2, 0.25) is 0 Å². The Bertz CT molecular complexity index is 186. The number of nitroso groups, excluding NO2 is 1. The molecule has 1 aliphatic heterocycles. The maximum Gasteiger partial charge on any atom is 0.464 e. The van der Waals surface area contributed by atoms with Gasteiger partial charge in [0.05, 0.1) is 6.08 Å². The van der Waals surface area contributed by atoms with Crippen LogP contribution in [-0.4, -0.2) is 22.1 Å². The van der Waals surface area contributed by atoms with Crippen molar-refractivity contribution in [1.29, 1.82) is 0 Å². The van der Waals surface area contributed by atoms with Crippen molar-refractivity contribution in [2.24, 2.45) is 0 Å². The molecule has 1 amide bonds. The molecule has 1 aliphatic rings. The van der Waals surface area contributed by atoms with E-state index < -0.39 is 12.3 Å². The van der Waals surface area contributed by atoms with Crippen molar-refractivity contribution in [3.05, 3.63) is 17.2 Å². The molecule has 0 saturated heterocycles. The van der Waals surface area contributed by atoms with Crippen molar-refractivity contribution in [3.63, 3.8) is 0 Å². The molecule has 0 aliphatic carbocycles. The highest BCUT2D eigenvalue weighted by Crippen LogP contribution is 1.90. The lowest BCUT2D eigenvalue weighted by Crippen LogP contribution is -2.41. The summed E-state index contributed by atoms with van der Waals surface area (Å²) in [5.41, 5.74) is 0. The van der Waals surface area contributed by atoms with Crippen molar-refractivity contribution in [2.75, 3.05) is 0 Å². The van der Waals surface area contributed by atoms with E-state index in [1.165, 1.54) is 6.20 Å². The molecule has 1 heterocycles. The summed E-state index contributed by atoms with van der Waals surface area (Å²) in [5, 5.41) is 10.8. The molecular weight excluding hydrogens is 124 g/mol. The number of aliphatic hydroxyl groups is 1. The van der Waals surface area contributed by atoms with E-state index in [2.05, 4.69) is 5.32 Å². The fourth-order valence-corrected chi connectivity index (χ4v) is 0.467. The van der Waals surface area contributed by atoms with Crippen molar-refractivity contribution >= 4 is 5.91 Å². The van der Waals surface area contributed by atoms with Crippen LogP contribution in [0.25, 0.3) is 0 Å². The van der Waals surface area contributed by atoms with E-state index in [0.717, 1.165) is 6.08 Å². The summed E-state index contributed by atoms with van der Waals surface area (Å²) in [4.78, 5) is 20.7. The summed E-state index contributed by atoms with van der Waals surface area (Å²) in [6, 6.07) is 0. The van der Waals surface area contributed by atoms with Crippen molar-refractivity contribution < 1.29 is 14.7 Å². The molecule has 2 N–H and O–H groups in total. The van der Waals surface area contributed by atoms with Gasteiger partial charge in [0.25, 0.3) is 0 Å². The molecule has 1 atom stereocenters. The molecule has 9 heavy (non-hydrogen) atoms. The Morgan fingerprint density at radius 1 is 1.78 bits per heavy atom. The van der Waals surface area contributed by atoms with Crippen molar-refractivity contribution in [2.45, 2.75) is 6.35 Å². The molecule has 5 heteroatoms. The zero-order chi connectivity index (χ0) is 6.85. The normalized spacial score (nSPS) is 26.1. The predicted molar refractivity (Wildman–Crippen MR) is 26.9 cm³/mol. The molecule has 1 rings (SSSR count). The lowest BCUT2D eigenvalue weighted by atomic mass is 10.5. The molecule has 0 aromatic heterocycles. The molecule has 1 unspecified atom stereocenters. The topological polar surface area (TPSA) is 69.4 Å². The van der Waals surface area contributed by atoms with Crippen molar-refractivity contribution in [3.8, 4) is 0 Å². The third kappa shape index (κ3) is 0.945. The van der Waals surface area contributed by atoms with Crippen LogP contribution in [0.1, 0.15) is 0 Å². The first kappa shape index (κ1) is 5.90. The number of nitrogens with one attached hydrogen (secondary N) is 1. The number of hydrogen-bond donors (Lipinski definition) is 2. The monoisotopic (exact) mass is 129 g/mol. The van der Waals surface area contributed by atoms with Crippen LogP contribution in [0.5, 0.6) is 0 Å². The van der Waals surface area contributed by atoms with Crippen LogP contribution in [0.2, 0.25) is 0 Å². The van der Waals surface area contributed by atoms with E-state index in [0.29, 0.717) is 0 Å². The average Bonchev–Trinajstić information content (AvgIpc) is 1.83. The van der Waals surface area contributed by atoms with Crippen molar-refractivity contribution in [1.82, 2.24) is 5.32 Å². The van der Waals surface area contributed by atoms with Gasteiger partial charge in [-0.3, -0.25) is 0 Å². The molecular formula is C4H5N2O3+. The smallest absolute Gasteiger partial charge is 0.315 e. The number of carbonyl (C=O) groups excluding carboxylic acids is 1. The summed E-state index contributed by atoms with van der Waals surface area (Å²) in [6.07, 6.45) is 0.837. The van der Waals surface area contributed by atoms with Gasteiger partial charge in [-0.1, -0.05) is 0 Å². The average molecular weight is 129 g/mol. The molecule has 48 valence electrons. The number of carbonyl (C=O) groups is 1. The van der Waals surface area contributed by atoms with Gasteiger partial charge in [0.15, 0.2) is 0 Å². The molecule has 0 bridgehead atoms. The lowest BCUT2D eigenvalue weighted by molar-refractivity contribution is -0.558. The maximum atomic E-state index is 10.3. The van der Waals surface area contributed by atoms with Gasteiger partial charge in [-0.2, -0.15) is 0 Å². The predicted octanol–water partition coefficient (Wildman–Crippen LogP) is -1.32. The summed E-state index contributed by atoms with van der Waals surface area (Å²) in [5.74, 6) is -0.749. The van der Waals surface area contributed by atoms with Gasteiger partial charge < -0.3 is 10.4 Å². The van der Waals surface area contributed by atoms with E-state index in [1.807, 2.05) is 0 Å². The standard InChI is InChI=1S/C4H4N2O3/c7-3-1-2-5-4(8)6(3)9/h1-2,4,8H/p+1. The van der Waals surface area contributed by atoms with Crippen LogP contribution < -0.4 is 5.32 Å². The minimum atomic E-state index is -1.43. The van der Waals surface area contributed by atoms with Gasteiger partial charge in [-0.25, -0.2) is 4.79 Å². The van der Waals surface area contributed by atoms with E-state index in [-0.39, 0.29) is 4.76 Å². The van der Waals surface area contributed by atoms with Gasteiger partial charge in [0, 0.05) is 11.1 Å². The minimum absolute atomic E-state index is 0.0556. The summed E-state index contributed by atoms with van der Waals surface area (Å²) in [7, 11) is 0. The van der Waals surface area contributed by atoms with Crippen LogP contribution in [0.3, 0.4) is 0 Å². The maximum absolute atomic E-state index is 10.3. The first-order valence-electron chi connectivity index (χ1n) is 2.33. The van der Waals surface area contributed by atoms with Gasteiger partial charge >= 0.3 is 12.3 Å². The van der Waals surface area contributed by atoms with Crippen LogP contribution in [-0.2, 0) is 4.79 Å². The van der Waals surface area contributed by atoms with Gasteiger partial charge in [-0.15, -0.1) is 0 Å².